The van der Waals surface area contributed by atoms with Gasteiger partial charge in [0.15, 0.2) is 0 Å². The summed E-state index contributed by atoms with van der Waals surface area (Å²) < 4.78 is 0. The van der Waals surface area contributed by atoms with E-state index in [2.05, 4.69) is 4.98 Å². The largest absolute Gasteiger partial charge is 0.391 e. The van der Waals surface area contributed by atoms with E-state index in [0.29, 0.717) is 18.8 Å². The minimum absolute atomic E-state index is 0.0839. The standard InChI is InChI=1S/C16H18N2O2S/c1-11-7-8-18(9-14(11)19)16(20)13-10-21-15(17-13)12-5-3-2-4-6-12/h2-6,10-11,14,19H,7-9H2,1H3. The molecule has 1 fully saturated rings. The topological polar surface area (TPSA) is 53.4 Å². The first kappa shape index (κ1) is 14.2. The lowest BCUT2D eigenvalue weighted by Gasteiger charge is -2.33. The van der Waals surface area contributed by atoms with E-state index in [-0.39, 0.29) is 11.8 Å². The molecule has 1 aromatic heterocycles. The van der Waals surface area contributed by atoms with Crippen molar-refractivity contribution < 1.29 is 9.90 Å². The van der Waals surface area contributed by atoms with Gasteiger partial charge >= 0.3 is 0 Å². The van der Waals surface area contributed by atoms with Gasteiger partial charge in [0.2, 0.25) is 0 Å². The third-order valence-corrected chi connectivity index (χ3v) is 4.84. The molecule has 1 aliphatic rings. The molecule has 1 N–H and O–H groups in total. The first-order valence-corrected chi connectivity index (χ1v) is 8.01. The zero-order valence-electron chi connectivity index (χ0n) is 11.9. The second kappa shape index (κ2) is 5.95. The summed E-state index contributed by atoms with van der Waals surface area (Å²) in [5.41, 5.74) is 1.49. The molecule has 2 atom stereocenters. The molecule has 1 saturated heterocycles. The van der Waals surface area contributed by atoms with Gasteiger partial charge in [0.1, 0.15) is 10.7 Å². The lowest BCUT2D eigenvalue weighted by atomic mass is 9.96. The van der Waals surface area contributed by atoms with Gasteiger partial charge in [-0.05, 0) is 12.3 Å². The fourth-order valence-corrected chi connectivity index (χ4v) is 3.28. The number of hydrogen-bond acceptors (Lipinski definition) is 4. The van der Waals surface area contributed by atoms with Gasteiger partial charge in [-0.15, -0.1) is 11.3 Å². The molecule has 5 heteroatoms. The summed E-state index contributed by atoms with van der Waals surface area (Å²) in [7, 11) is 0. The highest BCUT2D eigenvalue weighted by Crippen LogP contribution is 2.25. The van der Waals surface area contributed by atoms with Gasteiger partial charge < -0.3 is 10.0 Å². The predicted octanol–water partition coefficient (Wildman–Crippen LogP) is 2.65. The van der Waals surface area contributed by atoms with Crippen molar-refractivity contribution in [1.82, 2.24) is 9.88 Å². The Labute approximate surface area is 128 Å². The third kappa shape index (κ3) is 2.99. The van der Waals surface area contributed by atoms with Crippen LogP contribution in [0.5, 0.6) is 0 Å². The number of carbonyl (C=O) groups excluding carboxylic acids is 1. The smallest absolute Gasteiger partial charge is 0.273 e. The highest BCUT2D eigenvalue weighted by atomic mass is 32.1. The quantitative estimate of drug-likeness (QED) is 0.928. The number of hydrogen-bond donors (Lipinski definition) is 1. The Morgan fingerprint density at radius 1 is 1.38 bits per heavy atom. The fraction of sp³-hybridized carbons (Fsp3) is 0.375. The number of benzene rings is 1. The monoisotopic (exact) mass is 302 g/mol. The lowest BCUT2D eigenvalue weighted by molar-refractivity contribution is 0.0246. The van der Waals surface area contributed by atoms with Crippen molar-refractivity contribution >= 4 is 17.2 Å². The van der Waals surface area contributed by atoms with Crippen LogP contribution in [0, 0.1) is 5.92 Å². The Kier molecular flexibility index (Phi) is 4.03. The van der Waals surface area contributed by atoms with Gasteiger partial charge in [0.05, 0.1) is 6.10 Å². The zero-order chi connectivity index (χ0) is 14.8. The second-order valence-electron chi connectivity index (χ2n) is 5.49. The molecular formula is C16H18N2O2S. The van der Waals surface area contributed by atoms with E-state index >= 15 is 0 Å². The minimum atomic E-state index is -0.435. The molecule has 0 saturated carbocycles. The maximum atomic E-state index is 12.5. The van der Waals surface area contributed by atoms with Crippen LogP contribution in [0.1, 0.15) is 23.8 Å². The predicted molar refractivity (Wildman–Crippen MR) is 83.2 cm³/mol. The molecule has 1 aromatic carbocycles. The average Bonchev–Trinajstić information content (AvgIpc) is 3.00. The van der Waals surface area contributed by atoms with Gasteiger partial charge in [-0.25, -0.2) is 4.98 Å². The van der Waals surface area contributed by atoms with Crippen LogP contribution in [0.3, 0.4) is 0 Å². The SMILES string of the molecule is CC1CCN(C(=O)c2csc(-c3ccccc3)n2)CC1O. The van der Waals surface area contributed by atoms with Crippen molar-refractivity contribution in [2.45, 2.75) is 19.4 Å². The summed E-state index contributed by atoms with van der Waals surface area (Å²) in [6, 6.07) is 9.85. The van der Waals surface area contributed by atoms with E-state index in [1.807, 2.05) is 37.3 Å². The number of aromatic nitrogens is 1. The van der Waals surface area contributed by atoms with Crippen molar-refractivity contribution in [2.75, 3.05) is 13.1 Å². The van der Waals surface area contributed by atoms with E-state index < -0.39 is 6.10 Å². The average molecular weight is 302 g/mol. The molecule has 2 aromatic rings. The number of carbonyl (C=O) groups is 1. The maximum absolute atomic E-state index is 12.5. The van der Waals surface area contributed by atoms with Crippen LogP contribution < -0.4 is 0 Å². The first-order chi connectivity index (χ1) is 10.1. The third-order valence-electron chi connectivity index (χ3n) is 3.95. The number of piperidine rings is 1. The molecule has 3 rings (SSSR count). The molecule has 1 amide bonds. The molecule has 2 heterocycles. The van der Waals surface area contributed by atoms with Crippen LogP contribution in [0.15, 0.2) is 35.7 Å². The molecule has 4 nitrogen and oxygen atoms in total. The van der Waals surface area contributed by atoms with Gasteiger partial charge in [0.25, 0.3) is 5.91 Å². The lowest BCUT2D eigenvalue weighted by Crippen LogP contribution is -2.45. The van der Waals surface area contributed by atoms with Crippen LogP contribution >= 0.6 is 11.3 Å². The molecule has 1 aliphatic heterocycles. The van der Waals surface area contributed by atoms with E-state index in [1.165, 1.54) is 11.3 Å². The highest BCUT2D eigenvalue weighted by Gasteiger charge is 2.28. The molecule has 21 heavy (non-hydrogen) atoms. The number of aliphatic hydroxyl groups is 1. The van der Waals surface area contributed by atoms with Crippen LogP contribution in [0.25, 0.3) is 10.6 Å². The number of amides is 1. The molecule has 2 unspecified atom stereocenters. The first-order valence-electron chi connectivity index (χ1n) is 7.13. The van der Waals surface area contributed by atoms with Crippen LogP contribution in [-0.4, -0.2) is 40.1 Å². The van der Waals surface area contributed by atoms with Gasteiger partial charge in [-0.3, -0.25) is 4.79 Å². The minimum Gasteiger partial charge on any atom is -0.391 e. The molecule has 110 valence electrons. The summed E-state index contributed by atoms with van der Waals surface area (Å²) in [6.07, 6.45) is 0.401. The second-order valence-corrected chi connectivity index (χ2v) is 6.35. The Morgan fingerprint density at radius 2 is 2.14 bits per heavy atom. The van der Waals surface area contributed by atoms with Crippen molar-refractivity contribution in [3.05, 3.63) is 41.4 Å². The molecular weight excluding hydrogens is 284 g/mol. The summed E-state index contributed by atoms with van der Waals surface area (Å²) >= 11 is 1.48. The number of rotatable bonds is 2. The van der Waals surface area contributed by atoms with Crippen molar-refractivity contribution in [1.29, 1.82) is 0 Å². The number of aliphatic hydroxyl groups excluding tert-OH is 1. The molecule has 0 spiro atoms. The van der Waals surface area contributed by atoms with Crippen molar-refractivity contribution in [3.63, 3.8) is 0 Å². The summed E-state index contributed by atoms with van der Waals surface area (Å²) in [5, 5.41) is 12.6. The molecule has 0 bridgehead atoms. The van der Waals surface area contributed by atoms with Gasteiger partial charge in [0, 0.05) is 24.0 Å². The molecule has 0 aliphatic carbocycles. The number of nitrogens with zero attached hydrogens (tertiary/aromatic N) is 2. The Balaban J connectivity index is 1.76. The van der Waals surface area contributed by atoms with Crippen molar-refractivity contribution in [2.24, 2.45) is 5.92 Å². The Morgan fingerprint density at radius 3 is 2.86 bits per heavy atom. The number of β-amino-alcohol motifs (C(OH)–C–C–N with tert-alkyl or cyclic N) is 1. The van der Waals surface area contributed by atoms with Crippen LogP contribution in [0.4, 0.5) is 0 Å². The number of thiazole rings is 1. The summed E-state index contributed by atoms with van der Waals surface area (Å²) in [6.45, 7) is 3.11. The van der Waals surface area contributed by atoms with E-state index in [1.54, 1.807) is 10.3 Å². The highest BCUT2D eigenvalue weighted by molar-refractivity contribution is 7.13. The Bertz CT molecular complexity index is 626. The van der Waals surface area contributed by atoms with Gasteiger partial charge in [-0.1, -0.05) is 37.3 Å². The maximum Gasteiger partial charge on any atom is 0.273 e. The molecule has 0 radical (unpaired) electrons. The summed E-state index contributed by atoms with van der Waals surface area (Å²) in [4.78, 5) is 18.6. The van der Waals surface area contributed by atoms with E-state index in [9.17, 15) is 9.90 Å². The van der Waals surface area contributed by atoms with Crippen LogP contribution in [0.2, 0.25) is 0 Å². The van der Waals surface area contributed by atoms with E-state index in [4.69, 9.17) is 0 Å². The van der Waals surface area contributed by atoms with Gasteiger partial charge in [-0.2, -0.15) is 0 Å². The normalized spacial score (nSPS) is 22.3. The van der Waals surface area contributed by atoms with Crippen LogP contribution in [-0.2, 0) is 0 Å². The summed E-state index contributed by atoms with van der Waals surface area (Å²) in [5.74, 6) is 0.170. The number of likely N-dealkylation sites (tertiary alicyclic amines) is 1. The zero-order valence-corrected chi connectivity index (χ0v) is 12.7. The van der Waals surface area contributed by atoms with E-state index in [0.717, 1.165) is 17.0 Å². The van der Waals surface area contributed by atoms with Crippen molar-refractivity contribution in [3.8, 4) is 10.6 Å². The fourth-order valence-electron chi connectivity index (χ4n) is 2.48. The Hall–Kier alpha value is -1.72.